The molecule has 1 aromatic carbocycles. The molecule has 0 aliphatic rings. The summed E-state index contributed by atoms with van der Waals surface area (Å²) in [5, 5.41) is 0. The number of hydrogen-bond acceptors (Lipinski definition) is 1. The van der Waals surface area contributed by atoms with Gasteiger partial charge >= 0.3 is 0 Å². The van der Waals surface area contributed by atoms with E-state index < -0.39 is 0 Å². The van der Waals surface area contributed by atoms with Gasteiger partial charge in [-0.25, -0.2) is 0 Å². The molecular weight excluding hydrogens is 206 g/mol. The smallest absolute Gasteiger partial charge is 0.0314 e. The lowest BCUT2D eigenvalue weighted by Crippen LogP contribution is -2.27. The molecule has 1 aromatic rings. The average molecular weight is 231 g/mol. The average Bonchev–Trinajstić information content (AvgIpc) is 2.29. The van der Waals surface area contributed by atoms with Crippen molar-refractivity contribution < 1.29 is 0 Å². The summed E-state index contributed by atoms with van der Waals surface area (Å²) in [6, 6.07) is 8.32. The van der Waals surface area contributed by atoms with E-state index in [4.69, 9.17) is 5.73 Å². The van der Waals surface area contributed by atoms with Crippen molar-refractivity contribution in [3.63, 3.8) is 0 Å². The fraction of sp³-hybridized carbons (Fsp3) is 0.500. The van der Waals surface area contributed by atoms with Gasteiger partial charge in [-0.15, -0.1) is 0 Å². The zero-order chi connectivity index (χ0) is 12.9. The van der Waals surface area contributed by atoms with Crippen LogP contribution in [0.25, 0.3) is 0 Å². The van der Waals surface area contributed by atoms with Crippen LogP contribution in [-0.2, 0) is 5.41 Å². The van der Waals surface area contributed by atoms with Crippen LogP contribution in [-0.4, -0.2) is 0 Å². The number of nitrogen functional groups attached to an aromatic ring is 1. The standard InChI is InChI=1S/C16H25N/c1-5-11-16(12-6-2,13(3)4)14-7-9-15(17)10-8-14/h7-10H,3,5-6,11-12,17H2,1-2,4H3. The maximum Gasteiger partial charge on any atom is 0.0314 e. The van der Waals surface area contributed by atoms with Crippen molar-refractivity contribution in [1.29, 1.82) is 0 Å². The van der Waals surface area contributed by atoms with Gasteiger partial charge in [-0.1, -0.05) is 51.0 Å². The molecule has 94 valence electrons. The fourth-order valence-corrected chi connectivity index (χ4v) is 2.74. The number of benzene rings is 1. The first-order chi connectivity index (χ1) is 8.06. The molecule has 0 spiro atoms. The van der Waals surface area contributed by atoms with Gasteiger partial charge in [0, 0.05) is 11.1 Å². The largest absolute Gasteiger partial charge is 0.399 e. The highest BCUT2D eigenvalue weighted by Gasteiger charge is 2.31. The summed E-state index contributed by atoms with van der Waals surface area (Å²) in [6.07, 6.45) is 4.69. The third-order valence-electron chi connectivity index (χ3n) is 3.63. The minimum atomic E-state index is 0.136. The summed E-state index contributed by atoms with van der Waals surface area (Å²) in [4.78, 5) is 0. The molecular formula is C16H25N. The molecule has 0 radical (unpaired) electrons. The monoisotopic (exact) mass is 231 g/mol. The summed E-state index contributed by atoms with van der Waals surface area (Å²) in [5.74, 6) is 0. The Balaban J connectivity index is 3.19. The van der Waals surface area contributed by atoms with Crippen molar-refractivity contribution in [3.8, 4) is 0 Å². The predicted octanol–water partition coefficient (Wildman–Crippen LogP) is 4.68. The molecule has 1 nitrogen and oxygen atoms in total. The fourth-order valence-electron chi connectivity index (χ4n) is 2.74. The lowest BCUT2D eigenvalue weighted by molar-refractivity contribution is 0.418. The van der Waals surface area contributed by atoms with Gasteiger partial charge in [-0.2, -0.15) is 0 Å². The lowest BCUT2D eigenvalue weighted by atomic mass is 9.69. The molecule has 17 heavy (non-hydrogen) atoms. The molecule has 0 saturated heterocycles. The highest BCUT2D eigenvalue weighted by molar-refractivity contribution is 5.44. The van der Waals surface area contributed by atoms with Gasteiger partial charge in [0.15, 0.2) is 0 Å². The Morgan fingerprint density at radius 3 is 1.94 bits per heavy atom. The Morgan fingerprint density at radius 1 is 1.12 bits per heavy atom. The number of rotatable bonds is 6. The Labute approximate surface area is 106 Å². The molecule has 0 atom stereocenters. The molecule has 1 heteroatoms. The number of nitrogens with two attached hydrogens (primary N) is 1. The highest BCUT2D eigenvalue weighted by atomic mass is 14.5. The van der Waals surface area contributed by atoms with Crippen LogP contribution in [0, 0.1) is 0 Å². The summed E-state index contributed by atoms with van der Waals surface area (Å²) in [7, 11) is 0. The molecule has 0 fully saturated rings. The summed E-state index contributed by atoms with van der Waals surface area (Å²) in [5.41, 5.74) is 9.37. The van der Waals surface area contributed by atoms with Gasteiger partial charge in [0.2, 0.25) is 0 Å². The molecule has 1 rings (SSSR count). The second-order valence-corrected chi connectivity index (χ2v) is 4.98. The molecule has 0 unspecified atom stereocenters. The van der Waals surface area contributed by atoms with Gasteiger partial charge < -0.3 is 5.73 Å². The first-order valence-corrected chi connectivity index (χ1v) is 6.58. The van der Waals surface area contributed by atoms with Crippen LogP contribution >= 0.6 is 0 Å². The van der Waals surface area contributed by atoms with Crippen LogP contribution in [0.2, 0.25) is 0 Å². The van der Waals surface area contributed by atoms with Crippen molar-refractivity contribution in [2.45, 2.75) is 51.9 Å². The van der Waals surface area contributed by atoms with Crippen molar-refractivity contribution in [1.82, 2.24) is 0 Å². The topological polar surface area (TPSA) is 26.0 Å². The van der Waals surface area contributed by atoms with E-state index in [0.29, 0.717) is 0 Å². The Hall–Kier alpha value is -1.24. The minimum Gasteiger partial charge on any atom is -0.399 e. The first-order valence-electron chi connectivity index (χ1n) is 6.58. The van der Waals surface area contributed by atoms with E-state index in [-0.39, 0.29) is 5.41 Å². The molecule has 0 amide bonds. The van der Waals surface area contributed by atoms with E-state index in [0.717, 1.165) is 5.69 Å². The number of anilines is 1. The Morgan fingerprint density at radius 2 is 1.59 bits per heavy atom. The van der Waals surface area contributed by atoms with Gasteiger partial charge in [-0.05, 0) is 37.5 Å². The SMILES string of the molecule is C=C(C)C(CCC)(CCC)c1ccc(N)cc1. The van der Waals surface area contributed by atoms with Gasteiger partial charge in [0.05, 0.1) is 0 Å². The normalized spacial score (nSPS) is 11.5. The van der Waals surface area contributed by atoms with E-state index in [1.165, 1.54) is 36.8 Å². The van der Waals surface area contributed by atoms with E-state index >= 15 is 0 Å². The number of allylic oxidation sites excluding steroid dienone is 1. The first kappa shape index (κ1) is 13.8. The van der Waals surface area contributed by atoms with Gasteiger partial charge in [0.25, 0.3) is 0 Å². The summed E-state index contributed by atoms with van der Waals surface area (Å²) >= 11 is 0. The zero-order valence-corrected chi connectivity index (χ0v) is 11.4. The quantitative estimate of drug-likeness (QED) is 0.558. The minimum absolute atomic E-state index is 0.136. The predicted molar refractivity (Wildman–Crippen MR) is 77.2 cm³/mol. The van der Waals surface area contributed by atoms with Gasteiger partial charge in [-0.3, -0.25) is 0 Å². The Bertz CT molecular complexity index is 356. The van der Waals surface area contributed by atoms with Crippen LogP contribution in [0.15, 0.2) is 36.4 Å². The molecule has 0 saturated carbocycles. The lowest BCUT2D eigenvalue weighted by Gasteiger charge is -2.35. The van der Waals surface area contributed by atoms with Crippen molar-refractivity contribution >= 4 is 5.69 Å². The molecule has 0 aliphatic heterocycles. The molecule has 0 aromatic heterocycles. The highest BCUT2D eigenvalue weighted by Crippen LogP contribution is 2.40. The van der Waals surface area contributed by atoms with Crippen LogP contribution in [0.3, 0.4) is 0 Å². The Kier molecular flexibility index (Phi) is 4.80. The second-order valence-electron chi connectivity index (χ2n) is 4.98. The van der Waals surface area contributed by atoms with Crippen molar-refractivity contribution in [3.05, 3.63) is 42.0 Å². The third-order valence-corrected chi connectivity index (χ3v) is 3.63. The van der Waals surface area contributed by atoms with Gasteiger partial charge in [0.1, 0.15) is 0 Å². The summed E-state index contributed by atoms with van der Waals surface area (Å²) < 4.78 is 0. The van der Waals surface area contributed by atoms with E-state index in [9.17, 15) is 0 Å². The van der Waals surface area contributed by atoms with E-state index in [2.05, 4.69) is 39.5 Å². The van der Waals surface area contributed by atoms with Crippen LogP contribution < -0.4 is 5.73 Å². The maximum absolute atomic E-state index is 5.77. The number of hydrogen-bond donors (Lipinski definition) is 1. The van der Waals surface area contributed by atoms with Crippen molar-refractivity contribution in [2.24, 2.45) is 0 Å². The van der Waals surface area contributed by atoms with Crippen LogP contribution in [0.5, 0.6) is 0 Å². The van der Waals surface area contributed by atoms with Crippen LogP contribution in [0.1, 0.15) is 52.0 Å². The van der Waals surface area contributed by atoms with Crippen molar-refractivity contribution in [2.75, 3.05) is 5.73 Å². The zero-order valence-electron chi connectivity index (χ0n) is 11.4. The van der Waals surface area contributed by atoms with E-state index in [1.807, 2.05) is 12.1 Å². The molecule has 0 bridgehead atoms. The van der Waals surface area contributed by atoms with Crippen LogP contribution in [0.4, 0.5) is 5.69 Å². The van der Waals surface area contributed by atoms with E-state index in [1.54, 1.807) is 0 Å². The second kappa shape index (κ2) is 5.90. The summed E-state index contributed by atoms with van der Waals surface area (Å²) in [6.45, 7) is 10.9. The third kappa shape index (κ3) is 2.91. The molecule has 0 heterocycles. The molecule has 2 N–H and O–H groups in total. The maximum atomic E-state index is 5.77. The molecule has 0 aliphatic carbocycles.